The van der Waals surface area contributed by atoms with E-state index in [1.54, 1.807) is 6.07 Å². The Morgan fingerprint density at radius 2 is 2.04 bits per heavy atom. The topological polar surface area (TPSA) is 82.5 Å². The van der Waals surface area contributed by atoms with E-state index in [0.717, 1.165) is 5.56 Å². The number of aromatic nitrogens is 2. The molecular weight excluding hydrogens is 346 g/mol. The Morgan fingerprint density at radius 1 is 1.22 bits per heavy atom. The number of para-hydroxylation sites is 3. The highest BCUT2D eigenvalue weighted by molar-refractivity contribution is 5.81. The van der Waals surface area contributed by atoms with Gasteiger partial charge < -0.3 is 14.8 Å². The summed E-state index contributed by atoms with van der Waals surface area (Å²) in [4.78, 5) is 29.1. The number of hydrogen-bond donors (Lipinski definition) is 1. The molecule has 1 amide bonds. The molecule has 0 radical (unpaired) electrons. The van der Waals surface area contributed by atoms with Gasteiger partial charge >= 0.3 is 0 Å². The number of amides is 1. The van der Waals surface area contributed by atoms with Gasteiger partial charge in [0, 0.05) is 0 Å². The van der Waals surface area contributed by atoms with E-state index >= 15 is 0 Å². The van der Waals surface area contributed by atoms with Crippen molar-refractivity contribution in [2.45, 2.75) is 19.6 Å². The molecule has 1 aromatic heterocycles. The van der Waals surface area contributed by atoms with Crippen LogP contribution in [0.1, 0.15) is 5.56 Å². The molecule has 0 bridgehead atoms. The molecule has 2 heterocycles. The fraction of sp³-hybridized carbons (Fsp3) is 0.250. The van der Waals surface area contributed by atoms with Crippen molar-refractivity contribution in [3.63, 3.8) is 0 Å². The maximum Gasteiger partial charge on any atom is 0.261 e. The Bertz CT molecular complexity index is 1060. The lowest BCUT2D eigenvalue weighted by molar-refractivity contribution is -0.122. The second-order valence-corrected chi connectivity index (χ2v) is 6.45. The largest absolute Gasteiger partial charge is 0.486 e. The average molecular weight is 365 g/mol. The van der Waals surface area contributed by atoms with Crippen LogP contribution in [-0.2, 0) is 11.3 Å². The van der Waals surface area contributed by atoms with Gasteiger partial charge in [-0.1, -0.05) is 24.3 Å². The molecule has 7 heteroatoms. The lowest BCUT2D eigenvalue weighted by Crippen LogP contribution is -2.42. The molecule has 27 heavy (non-hydrogen) atoms. The van der Waals surface area contributed by atoms with E-state index in [-0.39, 0.29) is 24.1 Å². The summed E-state index contributed by atoms with van der Waals surface area (Å²) in [6.45, 7) is 2.45. The highest BCUT2D eigenvalue weighted by atomic mass is 16.6. The van der Waals surface area contributed by atoms with E-state index in [0.29, 0.717) is 35.6 Å². The van der Waals surface area contributed by atoms with E-state index in [1.807, 2.05) is 43.3 Å². The van der Waals surface area contributed by atoms with Crippen molar-refractivity contribution in [2.24, 2.45) is 0 Å². The number of carbonyl (C=O) groups excluding carboxylic acids is 1. The molecule has 0 fully saturated rings. The van der Waals surface area contributed by atoms with Crippen molar-refractivity contribution in [1.29, 1.82) is 0 Å². The van der Waals surface area contributed by atoms with Crippen molar-refractivity contribution in [2.75, 3.05) is 13.2 Å². The van der Waals surface area contributed by atoms with Gasteiger partial charge in [0.15, 0.2) is 11.5 Å². The van der Waals surface area contributed by atoms with Crippen LogP contribution in [0.2, 0.25) is 0 Å². The van der Waals surface area contributed by atoms with Gasteiger partial charge in [0.2, 0.25) is 5.91 Å². The molecule has 0 aliphatic carbocycles. The van der Waals surface area contributed by atoms with Crippen molar-refractivity contribution in [1.82, 2.24) is 14.9 Å². The van der Waals surface area contributed by atoms with Crippen LogP contribution in [0.15, 0.2) is 53.6 Å². The van der Waals surface area contributed by atoms with Gasteiger partial charge in [0.05, 0.1) is 23.8 Å². The number of ether oxygens (including phenoxy) is 2. The van der Waals surface area contributed by atoms with Gasteiger partial charge in [0.25, 0.3) is 5.56 Å². The first-order valence-electron chi connectivity index (χ1n) is 8.72. The molecule has 0 saturated heterocycles. The van der Waals surface area contributed by atoms with Gasteiger partial charge in [-0.15, -0.1) is 0 Å². The zero-order valence-corrected chi connectivity index (χ0v) is 14.8. The summed E-state index contributed by atoms with van der Waals surface area (Å²) >= 11 is 0. The van der Waals surface area contributed by atoms with Gasteiger partial charge in [-0.05, 0) is 30.7 Å². The van der Waals surface area contributed by atoms with Crippen LogP contribution >= 0.6 is 0 Å². The Balaban J connectivity index is 1.40. The summed E-state index contributed by atoms with van der Waals surface area (Å²) < 4.78 is 12.7. The molecule has 2 aromatic carbocycles. The molecular formula is C20H19N3O4. The Kier molecular flexibility index (Phi) is 4.50. The maximum atomic E-state index is 12.6. The summed E-state index contributed by atoms with van der Waals surface area (Å²) in [5, 5.41) is 3.29. The van der Waals surface area contributed by atoms with E-state index in [9.17, 15) is 9.59 Å². The predicted molar refractivity (Wildman–Crippen MR) is 100 cm³/mol. The summed E-state index contributed by atoms with van der Waals surface area (Å²) in [7, 11) is 0. The molecule has 1 N–H and O–H groups in total. The second kappa shape index (κ2) is 7.11. The smallest absolute Gasteiger partial charge is 0.261 e. The van der Waals surface area contributed by atoms with Gasteiger partial charge in [-0.2, -0.15) is 0 Å². The molecule has 1 atom stereocenters. The zero-order chi connectivity index (χ0) is 18.8. The molecule has 0 unspecified atom stereocenters. The highest BCUT2D eigenvalue weighted by Gasteiger charge is 2.21. The fourth-order valence-electron chi connectivity index (χ4n) is 3.05. The zero-order valence-electron chi connectivity index (χ0n) is 14.8. The summed E-state index contributed by atoms with van der Waals surface area (Å²) in [6.07, 6.45) is 1.13. The van der Waals surface area contributed by atoms with Gasteiger partial charge in [-0.25, -0.2) is 4.98 Å². The molecule has 1 aliphatic rings. The highest BCUT2D eigenvalue weighted by Crippen LogP contribution is 2.30. The summed E-state index contributed by atoms with van der Waals surface area (Å²) in [5.74, 6) is 1.07. The summed E-state index contributed by atoms with van der Waals surface area (Å²) in [5.41, 5.74) is 1.35. The van der Waals surface area contributed by atoms with Crippen LogP contribution in [0.5, 0.6) is 11.5 Å². The Morgan fingerprint density at radius 3 is 2.89 bits per heavy atom. The Hall–Kier alpha value is -3.35. The minimum absolute atomic E-state index is 0.0973. The second-order valence-electron chi connectivity index (χ2n) is 6.45. The number of carbonyl (C=O) groups is 1. The molecule has 0 spiro atoms. The first-order valence-corrected chi connectivity index (χ1v) is 8.72. The SMILES string of the molecule is Cc1cccc2c(=O)n(CC(=O)NC[C@H]3COc4ccccc4O3)cnc12. The Labute approximate surface area is 155 Å². The monoisotopic (exact) mass is 365 g/mol. The predicted octanol–water partition coefficient (Wildman–Crippen LogP) is 1.66. The van der Waals surface area contributed by atoms with Crippen LogP contribution in [0.3, 0.4) is 0 Å². The van der Waals surface area contributed by atoms with Gasteiger partial charge in [-0.3, -0.25) is 14.2 Å². The number of nitrogens with zero attached hydrogens (tertiary/aromatic N) is 2. The van der Waals surface area contributed by atoms with Crippen LogP contribution < -0.4 is 20.3 Å². The third-order valence-electron chi connectivity index (χ3n) is 4.46. The number of fused-ring (bicyclic) bond motifs is 2. The fourth-order valence-corrected chi connectivity index (χ4v) is 3.05. The van der Waals surface area contributed by atoms with Crippen molar-refractivity contribution in [3.8, 4) is 11.5 Å². The lowest BCUT2D eigenvalue weighted by Gasteiger charge is -2.26. The van der Waals surface area contributed by atoms with Crippen molar-refractivity contribution in [3.05, 3.63) is 64.7 Å². The molecule has 0 saturated carbocycles. The summed E-state index contributed by atoms with van der Waals surface area (Å²) in [6, 6.07) is 12.8. The van der Waals surface area contributed by atoms with E-state index in [2.05, 4.69) is 10.3 Å². The molecule has 4 rings (SSSR count). The average Bonchev–Trinajstić information content (AvgIpc) is 2.69. The van der Waals surface area contributed by atoms with Crippen LogP contribution in [0.4, 0.5) is 0 Å². The lowest BCUT2D eigenvalue weighted by atomic mass is 10.1. The minimum Gasteiger partial charge on any atom is -0.486 e. The molecule has 1 aliphatic heterocycles. The van der Waals surface area contributed by atoms with E-state index in [4.69, 9.17) is 9.47 Å². The number of rotatable bonds is 4. The van der Waals surface area contributed by atoms with Crippen LogP contribution in [0.25, 0.3) is 10.9 Å². The standard InChI is InChI=1S/C20H19N3O4/c1-13-5-4-6-15-19(13)22-12-23(20(15)25)10-18(24)21-9-14-11-26-16-7-2-3-8-17(16)27-14/h2-8,12,14H,9-11H2,1H3,(H,21,24)/t14-/m0/s1. The normalized spacial score (nSPS) is 15.5. The first-order chi connectivity index (χ1) is 13.1. The molecule has 3 aromatic rings. The number of aryl methyl sites for hydroxylation is 1. The van der Waals surface area contributed by atoms with Crippen molar-refractivity contribution >= 4 is 16.8 Å². The minimum atomic E-state index is -0.284. The van der Waals surface area contributed by atoms with Crippen LogP contribution in [-0.4, -0.2) is 34.7 Å². The third-order valence-corrected chi connectivity index (χ3v) is 4.46. The molecule has 138 valence electrons. The number of hydrogen-bond acceptors (Lipinski definition) is 5. The maximum absolute atomic E-state index is 12.6. The first kappa shape index (κ1) is 17.1. The van der Waals surface area contributed by atoms with Crippen LogP contribution in [0, 0.1) is 6.92 Å². The van der Waals surface area contributed by atoms with Gasteiger partial charge in [0.1, 0.15) is 19.3 Å². The quantitative estimate of drug-likeness (QED) is 0.760. The van der Waals surface area contributed by atoms with E-state index < -0.39 is 0 Å². The van der Waals surface area contributed by atoms with E-state index in [1.165, 1.54) is 10.9 Å². The molecule has 7 nitrogen and oxygen atoms in total. The third kappa shape index (κ3) is 3.48. The van der Waals surface area contributed by atoms with Crippen molar-refractivity contribution < 1.29 is 14.3 Å². The number of nitrogens with one attached hydrogen (secondary N) is 1. The number of benzene rings is 2.